The van der Waals surface area contributed by atoms with Crippen LogP contribution in [0.5, 0.6) is 0 Å². The number of nitrogen functional groups attached to an aromatic ring is 1. The fourth-order valence-corrected chi connectivity index (χ4v) is 0.743. The molecule has 0 aliphatic heterocycles. The minimum Gasteiger partial charge on any atom is -0.516 e. The molecule has 0 fully saturated rings. The number of nitrogens with two attached hydrogens (primary N) is 1. The Morgan fingerprint density at radius 2 is 2.00 bits per heavy atom. The number of aliphatic hydroxyl groups is 1. The zero-order valence-electron chi connectivity index (χ0n) is 5.49. The van der Waals surface area contributed by atoms with Gasteiger partial charge in [0.15, 0.2) is 0 Å². The number of para-hydroxylation sites is 1. The Labute approximate surface area is 59.6 Å². The third-order valence-electron chi connectivity index (χ3n) is 1.25. The number of hydrogen-bond acceptors (Lipinski definition) is 2. The largest absolute Gasteiger partial charge is 0.516 e. The Bertz CT molecular complexity index is 243. The molecule has 1 rings (SSSR count). The van der Waals surface area contributed by atoms with Crippen molar-refractivity contribution in [3.05, 3.63) is 36.1 Å². The monoisotopic (exact) mass is 135 g/mol. The average Bonchev–Trinajstić information content (AvgIpc) is 1.94. The van der Waals surface area contributed by atoms with Gasteiger partial charge in [0.2, 0.25) is 0 Å². The SMILES string of the molecule is Nc1ccccc1/C=C/O. The first-order valence-electron chi connectivity index (χ1n) is 3.00. The van der Waals surface area contributed by atoms with Crippen LogP contribution in [0, 0.1) is 0 Å². The number of aliphatic hydroxyl groups excluding tert-OH is 1. The number of anilines is 1. The minimum atomic E-state index is 0.674. The van der Waals surface area contributed by atoms with Gasteiger partial charge in [-0.2, -0.15) is 0 Å². The lowest BCUT2D eigenvalue weighted by atomic mass is 10.2. The average molecular weight is 135 g/mol. The summed E-state index contributed by atoms with van der Waals surface area (Å²) in [7, 11) is 0. The van der Waals surface area contributed by atoms with E-state index in [-0.39, 0.29) is 0 Å². The molecule has 0 unspecified atom stereocenters. The van der Waals surface area contributed by atoms with Crippen LogP contribution in [0.4, 0.5) is 5.69 Å². The summed E-state index contributed by atoms with van der Waals surface area (Å²) in [6.45, 7) is 0. The standard InChI is InChI=1S/C8H9NO/c9-8-4-2-1-3-7(8)5-6-10/h1-6,10H,9H2/b6-5+. The van der Waals surface area contributed by atoms with Crippen LogP contribution >= 0.6 is 0 Å². The first-order valence-corrected chi connectivity index (χ1v) is 3.00. The van der Waals surface area contributed by atoms with E-state index in [0.717, 1.165) is 11.8 Å². The lowest BCUT2D eigenvalue weighted by Crippen LogP contribution is -1.86. The molecule has 1 aromatic carbocycles. The van der Waals surface area contributed by atoms with Crippen molar-refractivity contribution in [3.63, 3.8) is 0 Å². The zero-order valence-corrected chi connectivity index (χ0v) is 5.49. The number of rotatable bonds is 1. The van der Waals surface area contributed by atoms with Gasteiger partial charge in [0, 0.05) is 11.3 Å². The fourth-order valence-electron chi connectivity index (χ4n) is 0.743. The van der Waals surface area contributed by atoms with Crippen LogP contribution in [-0.4, -0.2) is 5.11 Å². The summed E-state index contributed by atoms with van der Waals surface area (Å²) < 4.78 is 0. The maximum atomic E-state index is 8.41. The molecule has 0 heterocycles. The maximum Gasteiger partial charge on any atom is 0.0798 e. The maximum absolute atomic E-state index is 8.41. The number of hydrogen-bond donors (Lipinski definition) is 2. The predicted molar refractivity (Wildman–Crippen MR) is 42.5 cm³/mol. The molecule has 0 radical (unpaired) electrons. The third kappa shape index (κ3) is 1.29. The highest BCUT2D eigenvalue weighted by Gasteiger charge is 1.89. The van der Waals surface area contributed by atoms with Gasteiger partial charge < -0.3 is 10.8 Å². The van der Waals surface area contributed by atoms with Crippen LogP contribution in [0.2, 0.25) is 0 Å². The second-order valence-corrected chi connectivity index (χ2v) is 1.94. The van der Waals surface area contributed by atoms with Gasteiger partial charge in [-0.3, -0.25) is 0 Å². The van der Waals surface area contributed by atoms with E-state index in [1.54, 1.807) is 12.1 Å². The predicted octanol–water partition coefficient (Wildman–Crippen LogP) is 1.80. The van der Waals surface area contributed by atoms with Crippen molar-refractivity contribution < 1.29 is 5.11 Å². The Morgan fingerprint density at radius 1 is 1.30 bits per heavy atom. The molecule has 0 aliphatic carbocycles. The van der Waals surface area contributed by atoms with Crippen molar-refractivity contribution in [1.82, 2.24) is 0 Å². The van der Waals surface area contributed by atoms with Crippen molar-refractivity contribution in [2.24, 2.45) is 0 Å². The molecule has 1 aromatic rings. The van der Waals surface area contributed by atoms with Gasteiger partial charge in [-0.25, -0.2) is 0 Å². The van der Waals surface area contributed by atoms with E-state index in [2.05, 4.69) is 0 Å². The molecule has 0 bridgehead atoms. The van der Waals surface area contributed by atoms with Crippen LogP contribution < -0.4 is 5.73 Å². The van der Waals surface area contributed by atoms with Crippen molar-refractivity contribution in [3.8, 4) is 0 Å². The molecule has 0 saturated heterocycles. The third-order valence-corrected chi connectivity index (χ3v) is 1.25. The molecule has 2 heteroatoms. The molecule has 0 spiro atoms. The molecular weight excluding hydrogens is 126 g/mol. The van der Waals surface area contributed by atoms with Crippen LogP contribution in [0.3, 0.4) is 0 Å². The van der Waals surface area contributed by atoms with E-state index >= 15 is 0 Å². The molecule has 0 atom stereocenters. The molecular formula is C8H9NO. The molecule has 0 saturated carbocycles. The summed E-state index contributed by atoms with van der Waals surface area (Å²) in [6.07, 6.45) is 2.53. The summed E-state index contributed by atoms with van der Waals surface area (Å²) in [5.74, 6) is 0. The normalized spacial score (nSPS) is 10.4. The van der Waals surface area contributed by atoms with E-state index in [4.69, 9.17) is 10.8 Å². The minimum absolute atomic E-state index is 0.674. The van der Waals surface area contributed by atoms with Crippen LogP contribution in [-0.2, 0) is 0 Å². The Balaban J connectivity index is 3.03. The molecule has 2 nitrogen and oxygen atoms in total. The topological polar surface area (TPSA) is 46.2 Å². The summed E-state index contributed by atoms with van der Waals surface area (Å²) in [4.78, 5) is 0. The van der Waals surface area contributed by atoms with Crippen molar-refractivity contribution in [2.75, 3.05) is 5.73 Å². The van der Waals surface area contributed by atoms with Crippen molar-refractivity contribution >= 4 is 11.8 Å². The second-order valence-electron chi connectivity index (χ2n) is 1.94. The first kappa shape index (κ1) is 6.68. The molecule has 52 valence electrons. The molecule has 0 amide bonds. The summed E-state index contributed by atoms with van der Waals surface area (Å²) in [5, 5.41) is 8.41. The van der Waals surface area contributed by atoms with Gasteiger partial charge in [-0.1, -0.05) is 18.2 Å². The Kier molecular flexibility index (Phi) is 1.95. The zero-order chi connectivity index (χ0) is 7.40. The number of benzene rings is 1. The quantitative estimate of drug-likeness (QED) is 0.455. The molecule has 0 aliphatic rings. The molecule has 0 aromatic heterocycles. The summed E-state index contributed by atoms with van der Waals surface area (Å²) in [5.41, 5.74) is 7.06. The fraction of sp³-hybridized carbons (Fsp3) is 0. The highest BCUT2D eigenvalue weighted by Crippen LogP contribution is 2.11. The van der Waals surface area contributed by atoms with Gasteiger partial charge in [0.25, 0.3) is 0 Å². The van der Waals surface area contributed by atoms with E-state index in [9.17, 15) is 0 Å². The van der Waals surface area contributed by atoms with Gasteiger partial charge in [0.1, 0.15) is 0 Å². The second kappa shape index (κ2) is 2.92. The first-order chi connectivity index (χ1) is 4.84. The van der Waals surface area contributed by atoms with Gasteiger partial charge in [-0.05, 0) is 12.1 Å². The van der Waals surface area contributed by atoms with Gasteiger partial charge in [0.05, 0.1) is 6.26 Å². The molecule has 10 heavy (non-hydrogen) atoms. The summed E-state index contributed by atoms with van der Waals surface area (Å²) in [6, 6.07) is 7.34. The van der Waals surface area contributed by atoms with E-state index in [1.807, 2.05) is 18.2 Å². The highest BCUT2D eigenvalue weighted by molar-refractivity contribution is 5.63. The van der Waals surface area contributed by atoms with Crippen LogP contribution in [0.1, 0.15) is 5.56 Å². The van der Waals surface area contributed by atoms with E-state index < -0.39 is 0 Å². The Morgan fingerprint density at radius 3 is 2.60 bits per heavy atom. The van der Waals surface area contributed by atoms with E-state index in [0.29, 0.717) is 5.69 Å². The lowest BCUT2D eigenvalue weighted by Gasteiger charge is -1.95. The molecule has 3 N–H and O–H groups in total. The van der Waals surface area contributed by atoms with Crippen molar-refractivity contribution in [1.29, 1.82) is 0 Å². The van der Waals surface area contributed by atoms with Crippen LogP contribution in [0.15, 0.2) is 30.5 Å². The van der Waals surface area contributed by atoms with Gasteiger partial charge in [-0.15, -0.1) is 0 Å². The van der Waals surface area contributed by atoms with Crippen molar-refractivity contribution in [2.45, 2.75) is 0 Å². The van der Waals surface area contributed by atoms with E-state index in [1.165, 1.54) is 0 Å². The highest BCUT2D eigenvalue weighted by atomic mass is 16.2. The van der Waals surface area contributed by atoms with Crippen LogP contribution in [0.25, 0.3) is 6.08 Å². The van der Waals surface area contributed by atoms with Gasteiger partial charge >= 0.3 is 0 Å². The Hall–Kier alpha value is -1.44. The lowest BCUT2D eigenvalue weighted by molar-refractivity contribution is 0.478. The summed E-state index contributed by atoms with van der Waals surface area (Å²) >= 11 is 0. The smallest absolute Gasteiger partial charge is 0.0798 e.